The number of carboxylic acid groups (broad SMARTS) is 1. The second kappa shape index (κ2) is 6.22. The van der Waals surface area contributed by atoms with Gasteiger partial charge in [-0.05, 0) is 16.5 Å². The maximum Gasteiger partial charge on any atom is 0.407 e. The van der Waals surface area contributed by atoms with Crippen molar-refractivity contribution in [1.82, 2.24) is 5.32 Å². The quantitative estimate of drug-likeness (QED) is 0.875. The average molecular weight is 265 g/mol. The predicted molar refractivity (Wildman–Crippen MR) is 71.0 cm³/mol. The first-order chi connectivity index (χ1) is 8.79. The van der Waals surface area contributed by atoms with Crippen molar-refractivity contribution in [2.45, 2.75) is 32.8 Å². The topological polar surface area (TPSA) is 75.6 Å². The molecule has 0 unspecified atom stereocenters. The third-order valence-electron chi connectivity index (χ3n) is 2.57. The number of nitrogens with one attached hydrogen (secondary N) is 1. The van der Waals surface area contributed by atoms with Crippen LogP contribution in [0.1, 0.15) is 31.9 Å². The Balaban J connectivity index is 2.46. The summed E-state index contributed by atoms with van der Waals surface area (Å²) in [5.41, 5.74) is 2.14. The SMILES string of the molecule is CC(C)(C)c1ccc(COC(=O)NCC(=O)O)cc1. The maximum absolute atomic E-state index is 11.2. The number of aliphatic carboxylic acids is 1. The fourth-order valence-corrected chi connectivity index (χ4v) is 1.45. The highest BCUT2D eigenvalue weighted by molar-refractivity contribution is 5.76. The van der Waals surface area contributed by atoms with Crippen LogP contribution in [0, 0.1) is 0 Å². The van der Waals surface area contributed by atoms with E-state index in [1.165, 1.54) is 5.56 Å². The van der Waals surface area contributed by atoms with Crippen molar-refractivity contribution in [1.29, 1.82) is 0 Å². The number of amides is 1. The molecule has 19 heavy (non-hydrogen) atoms. The van der Waals surface area contributed by atoms with Gasteiger partial charge in [0.05, 0.1) is 0 Å². The van der Waals surface area contributed by atoms with Crippen LogP contribution in [0.3, 0.4) is 0 Å². The highest BCUT2D eigenvalue weighted by Crippen LogP contribution is 2.22. The van der Waals surface area contributed by atoms with Gasteiger partial charge >= 0.3 is 12.1 Å². The summed E-state index contributed by atoms with van der Waals surface area (Å²) in [6, 6.07) is 7.78. The molecule has 1 amide bonds. The third kappa shape index (κ3) is 5.42. The molecule has 2 N–H and O–H groups in total. The van der Waals surface area contributed by atoms with Gasteiger partial charge in [-0.15, -0.1) is 0 Å². The van der Waals surface area contributed by atoms with Gasteiger partial charge in [-0.25, -0.2) is 4.79 Å². The molecule has 0 aromatic heterocycles. The van der Waals surface area contributed by atoms with Crippen LogP contribution in [0.5, 0.6) is 0 Å². The van der Waals surface area contributed by atoms with Crippen LogP contribution < -0.4 is 5.32 Å². The Labute approximate surface area is 112 Å². The van der Waals surface area contributed by atoms with E-state index >= 15 is 0 Å². The van der Waals surface area contributed by atoms with Gasteiger partial charge in [-0.1, -0.05) is 45.0 Å². The second-order valence-corrected chi connectivity index (χ2v) is 5.27. The Morgan fingerprint density at radius 1 is 1.21 bits per heavy atom. The summed E-state index contributed by atoms with van der Waals surface area (Å²) in [6.07, 6.45) is -0.734. The van der Waals surface area contributed by atoms with E-state index in [2.05, 4.69) is 26.1 Å². The number of carbonyl (C=O) groups excluding carboxylic acids is 1. The molecular weight excluding hydrogens is 246 g/mol. The van der Waals surface area contributed by atoms with Gasteiger partial charge in [0.2, 0.25) is 0 Å². The molecule has 0 bridgehead atoms. The Morgan fingerprint density at radius 3 is 2.26 bits per heavy atom. The van der Waals surface area contributed by atoms with E-state index in [9.17, 15) is 9.59 Å². The molecule has 1 aromatic rings. The first kappa shape index (κ1) is 15.0. The number of carboxylic acids is 1. The van der Waals surface area contributed by atoms with Crippen molar-refractivity contribution in [2.75, 3.05) is 6.54 Å². The van der Waals surface area contributed by atoms with Crippen LogP contribution in [0.2, 0.25) is 0 Å². The molecule has 5 heteroatoms. The zero-order valence-corrected chi connectivity index (χ0v) is 11.4. The number of hydrogen-bond acceptors (Lipinski definition) is 3. The zero-order chi connectivity index (χ0) is 14.5. The monoisotopic (exact) mass is 265 g/mol. The molecule has 0 radical (unpaired) electrons. The van der Waals surface area contributed by atoms with Crippen LogP contribution in [0.4, 0.5) is 4.79 Å². The highest BCUT2D eigenvalue weighted by Gasteiger charge is 2.13. The molecule has 0 heterocycles. The van der Waals surface area contributed by atoms with Crippen molar-refractivity contribution >= 4 is 12.1 Å². The molecule has 0 spiro atoms. The van der Waals surface area contributed by atoms with E-state index in [-0.39, 0.29) is 12.0 Å². The average Bonchev–Trinajstić information content (AvgIpc) is 2.33. The summed E-state index contributed by atoms with van der Waals surface area (Å²) in [4.78, 5) is 21.4. The molecule has 1 aromatic carbocycles. The molecule has 104 valence electrons. The van der Waals surface area contributed by atoms with Gasteiger partial charge in [0.1, 0.15) is 13.2 Å². The van der Waals surface area contributed by atoms with Crippen LogP contribution >= 0.6 is 0 Å². The van der Waals surface area contributed by atoms with E-state index in [4.69, 9.17) is 9.84 Å². The first-order valence-corrected chi connectivity index (χ1v) is 6.01. The summed E-state index contributed by atoms with van der Waals surface area (Å²) in [6.45, 7) is 6.05. The smallest absolute Gasteiger partial charge is 0.407 e. The van der Waals surface area contributed by atoms with Crippen LogP contribution in [0.25, 0.3) is 0 Å². The van der Waals surface area contributed by atoms with Gasteiger partial charge in [0.25, 0.3) is 0 Å². The molecule has 0 saturated carbocycles. The van der Waals surface area contributed by atoms with Crippen molar-refractivity contribution in [2.24, 2.45) is 0 Å². The largest absolute Gasteiger partial charge is 0.480 e. The van der Waals surface area contributed by atoms with Crippen molar-refractivity contribution in [3.63, 3.8) is 0 Å². The number of benzene rings is 1. The lowest BCUT2D eigenvalue weighted by Crippen LogP contribution is -2.29. The van der Waals surface area contributed by atoms with E-state index < -0.39 is 18.6 Å². The summed E-state index contributed by atoms with van der Waals surface area (Å²) >= 11 is 0. The molecule has 5 nitrogen and oxygen atoms in total. The van der Waals surface area contributed by atoms with Crippen LogP contribution in [0.15, 0.2) is 24.3 Å². The molecule has 0 fully saturated rings. The highest BCUT2D eigenvalue weighted by atomic mass is 16.5. The molecule has 0 aliphatic carbocycles. The Bertz CT molecular complexity index is 446. The minimum absolute atomic E-state index is 0.0816. The van der Waals surface area contributed by atoms with Crippen LogP contribution in [-0.4, -0.2) is 23.7 Å². The summed E-state index contributed by atoms with van der Waals surface area (Å²) < 4.78 is 4.89. The first-order valence-electron chi connectivity index (χ1n) is 6.01. The third-order valence-corrected chi connectivity index (χ3v) is 2.57. The zero-order valence-electron chi connectivity index (χ0n) is 11.4. The normalized spacial score (nSPS) is 10.9. The number of rotatable bonds is 4. The predicted octanol–water partition coefficient (Wildman–Crippen LogP) is 2.29. The van der Waals surface area contributed by atoms with E-state index in [0.717, 1.165) is 5.56 Å². The van der Waals surface area contributed by atoms with E-state index in [0.29, 0.717) is 0 Å². The fourth-order valence-electron chi connectivity index (χ4n) is 1.45. The number of carbonyl (C=O) groups is 2. The Morgan fingerprint density at radius 2 is 1.79 bits per heavy atom. The van der Waals surface area contributed by atoms with Crippen molar-refractivity contribution < 1.29 is 19.4 Å². The molecule has 1 rings (SSSR count). The number of alkyl carbamates (subject to hydrolysis) is 1. The van der Waals surface area contributed by atoms with Gasteiger partial charge in [0.15, 0.2) is 0 Å². The number of hydrogen-bond donors (Lipinski definition) is 2. The Hall–Kier alpha value is -2.04. The van der Waals surface area contributed by atoms with Gasteiger partial charge in [-0.2, -0.15) is 0 Å². The van der Waals surface area contributed by atoms with Crippen molar-refractivity contribution in [3.05, 3.63) is 35.4 Å². The minimum Gasteiger partial charge on any atom is -0.480 e. The summed E-state index contributed by atoms with van der Waals surface area (Å²) in [5, 5.41) is 10.5. The lowest BCUT2D eigenvalue weighted by atomic mass is 9.87. The van der Waals surface area contributed by atoms with E-state index in [1.54, 1.807) is 0 Å². The number of ether oxygens (including phenoxy) is 1. The van der Waals surface area contributed by atoms with Gasteiger partial charge < -0.3 is 15.2 Å². The maximum atomic E-state index is 11.2. The molecule has 0 aliphatic heterocycles. The van der Waals surface area contributed by atoms with Gasteiger partial charge in [0, 0.05) is 0 Å². The van der Waals surface area contributed by atoms with Crippen LogP contribution in [-0.2, 0) is 21.6 Å². The lowest BCUT2D eigenvalue weighted by Gasteiger charge is -2.19. The second-order valence-electron chi connectivity index (χ2n) is 5.27. The minimum atomic E-state index is -1.11. The fraction of sp³-hybridized carbons (Fsp3) is 0.429. The standard InChI is InChI=1S/C14H19NO4/c1-14(2,3)11-6-4-10(5-7-11)9-19-13(18)15-8-12(16)17/h4-7H,8-9H2,1-3H3,(H,15,18)(H,16,17). The molecule has 0 saturated heterocycles. The summed E-state index contributed by atoms with van der Waals surface area (Å²) in [5.74, 6) is -1.11. The van der Waals surface area contributed by atoms with Gasteiger partial charge in [-0.3, -0.25) is 4.79 Å². The molecule has 0 aliphatic rings. The molecule has 0 atom stereocenters. The van der Waals surface area contributed by atoms with Crippen molar-refractivity contribution in [3.8, 4) is 0 Å². The summed E-state index contributed by atoms with van der Waals surface area (Å²) in [7, 11) is 0. The lowest BCUT2D eigenvalue weighted by molar-refractivity contribution is -0.135. The van der Waals surface area contributed by atoms with E-state index in [1.807, 2.05) is 24.3 Å². The molecular formula is C14H19NO4. The Kier molecular flexibility index (Phi) is 4.92.